The van der Waals surface area contributed by atoms with Crippen molar-refractivity contribution in [3.05, 3.63) is 71.9 Å². The molecule has 0 radical (unpaired) electrons. The number of nitrogens with two attached hydrogens (primary N) is 1. The monoisotopic (exact) mass is 450 g/mol. The highest BCUT2D eigenvalue weighted by molar-refractivity contribution is 6.01. The molecular formula is C25H30N4O4. The number of fused-ring (bicyclic) bond motifs is 1. The molecule has 0 bridgehead atoms. The number of H-pyrrole nitrogens is 1. The summed E-state index contributed by atoms with van der Waals surface area (Å²) in [6.45, 7) is 4.00. The van der Waals surface area contributed by atoms with E-state index in [4.69, 9.17) is 10.6 Å². The maximum Gasteiger partial charge on any atom is 0.256 e. The Morgan fingerprint density at radius 2 is 1.70 bits per heavy atom. The summed E-state index contributed by atoms with van der Waals surface area (Å²) < 4.78 is 0. The van der Waals surface area contributed by atoms with Crippen LogP contribution in [0, 0.1) is 11.8 Å². The van der Waals surface area contributed by atoms with Crippen molar-refractivity contribution in [2.75, 3.05) is 0 Å². The summed E-state index contributed by atoms with van der Waals surface area (Å²) in [6, 6.07) is 16.1. The first kappa shape index (κ1) is 24.0. The van der Waals surface area contributed by atoms with E-state index < -0.39 is 29.7 Å². The predicted octanol–water partition coefficient (Wildman–Crippen LogP) is 2.59. The van der Waals surface area contributed by atoms with Crippen LogP contribution in [-0.4, -0.2) is 28.7 Å². The SMILES string of the molecule is CC(C)CC(C(=O)NOCc1ccccc1)C(=O)N[C@@H](Cc1c[nH]c2ccccc12)C(N)=O. The molecule has 1 heterocycles. The summed E-state index contributed by atoms with van der Waals surface area (Å²) in [4.78, 5) is 46.3. The number of carbonyl (C=O) groups excluding carboxylic acids is 3. The molecule has 8 nitrogen and oxygen atoms in total. The lowest BCUT2D eigenvalue weighted by molar-refractivity contribution is -0.146. The maximum atomic E-state index is 13.0. The fourth-order valence-corrected chi connectivity index (χ4v) is 3.66. The molecule has 0 saturated carbocycles. The third-order valence-electron chi connectivity index (χ3n) is 5.35. The molecule has 3 rings (SSSR count). The van der Waals surface area contributed by atoms with Crippen molar-refractivity contribution in [1.82, 2.24) is 15.8 Å². The Morgan fingerprint density at radius 3 is 2.39 bits per heavy atom. The van der Waals surface area contributed by atoms with Crippen molar-refractivity contribution in [2.45, 2.75) is 39.3 Å². The maximum absolute atomic E-state index is 13.0. The second kappa shape index (κ2) is 11.3. The first-order valence-electron chi connectivity index (χ1n) is 11.0. The Bertz CT molecular complexity index is 1090. The average molecular weight is 451 g/mol. The van der Waals surface area contributed by atoms with E-state index in [-0.39, 0.29) is 18.9 Å². The van der Waals surface area contributed by atoms with Crippen molar-refractivity contribution in [1.29, 1.82) is 0 Å². The summed E-state index contributed by atoms with van der Waals surface area (Å²) in [5.74, 6) is -2.75. The number of nitrogens with one attached hydrogen (secondary N) is 3. The summed E-state index contributed by atoms with van der Waals surface area (Å²) >= 11 is 0. The fourth-order valence-electron chi connectivity index (χ4n) is 3.66. The first-order chi connectivity index (χ1) is 15.8. The van der Waals surface area contributed by atoms with Gasteiger partial charge in [0.25, 0.3) is 5.91 Å². The lowest BCUT2D eigenvalue weighted by atomic mass is 9.94. The molecule has 2 atom stereocenters. The number of carbonyl (C=O) groups is 3. The number of aromatic nitrogens is 1. The number of hydroxylamine groups is 1. The van der Waals surface area contributed by atoms with E-state index in [0.29, 0.717) is 6.42 Å². The quantitative estimate of drug-likeness (QED) is 0.265. The number of para-hydroxylation sites is 1. The van der Waals surface area contributed by atoms with E-state index in [1.807, 2.05) is 68.4 Å². The molecule has 5 N–H and O–H groups in total. The smallest absolute Gasteiger partial charge is 0.256 e. The van der Waals surface area contributed by atoms with Crippen LogP contribution in [0.1, 0.15) is 31.4 Å². The van der Waals surface area contributed by atoms with Crippen LogP contribution in [0.3, 0.4) is 0 Å². The summed E-state index contributed by atoms with van der Waals surface area (Å²) in [7, 11) is 0. The molecule has 33 heavy (non-hydrogen) atoms. The van der Waals surface area contributed by atoms with Crippen molar-refractivity contribution in [3.63, 3.8) is 0 Å². The highest BCUT2D eigenvalue weighted by Crippen LogP contribution is 2.20. The summed E-state index contributed by atoms with van der Waals surface area (Å²) in [5.41, 5.74) is 10.6. The van der Waals surface area contributed by atoms with Crippen LogP contribution in [0.2, 0.25) is 0 Å². The van der Waals surface area contributed by atoms with E-state index >= 15 is 0 Å². The highest BCUT2D eigenvalue weighted by Gasteiger charge is 2.31. The van der Waals surface area contributed by atoms with E-state index in [0.717, 1.165) is 22.0 Å². The van der Waals surface area contributed by atoms with Crippen molar-refractivity contribution in [3.8, 4) is 0 Å². The van der Waals surface area contributed by atoms with Crippen LogP contribution in [0.25, 0.3) is 10.9 Å². The molecule has 0 saturated heterocycles. The van der Waals surface area contributed by atoms with Crippen LogP contribution in [-0.2, 0) is 32.2 Å². The number of benzene rings is 2. The molecule has 2 aromatic carbocycles. The Balaban J connectivity index is 1.66. The Morgan fingerprint density at radius 1 is 1.00 bits per heavy atom. The lowest BCUT2D eigenvalue weighted by Crippen LogP contribution is -2.50. The molecule has 3 amide bonds. The normalized spacial score (nSPS) is 12.9. The van der Waals surface area contributed by atoms with Gasteiger partial charge in [-0.25, -0.2) is 5.48 Å². The number of hydrogen-bond acceptors (Lipinski definition) is 4. The minimum Gasteiger partial charge on any atom is -0.368 e. The van der Waals surface area contributed by atoms with E-state index in [1.54, 1.807) is 6.20 Å². The average Bonchev–Trinajstić information content (AvgIpc) is 3.20. The van der Waals surface area contributed by atoms with Gasteiger partial charge in [-0.05, 0) is 29.5 Å². The summed E-state index contributed by atoms with van der Waals surface area (Å²) in [5, 5.41) is 3.62. The van der Waals surface area contributed by atoms with Crippen LogP contribution >= 0.6 is 0 Å². The molecule has 8 heteroatoms. The molecule has 0 fully saturated rings. The van der Waals surface area contributed by atoms with Crippen LogP contribution in [0.5, 0.6) is 0 Å². The fraction of sp³-hybridized carbons (Fsp3) is 0.320. The first-order valence-corrected chi connectivity index (χ1v) is 11.0. The largest absolute Gasteiger partial charge is 0.368 e. The number of amides is 3. The Labute approximate surface area is 192 Å². The topological polar surface area (TPSA) is 126 Å². The van der Waals surface area contributed by atoms with Gasteiger partial charge in [0.2, 0.25) is 11.8 Å². The highest BCUT2D eigenvalue weighted by atomic mass is 16.6. The van der Waals surface area contributed by atoms with Crippen LogP contribution < -0.4 is 16.5 Å². The standard InChI is InChI=1S/C25H30N4O4/c1-16(2)12-20(25(32)29-33-15-17-8-4-3-5-9-17)24(31)28-22(23(26)30)13-18-14-27-21-11-7-6-10-19(18)21/h3-11,14,16,20,22,27H,12-13,15H2,1-2H3,(H2,26,30)(H,28,31)(H,29,32)/t20?,22-/m0/s1. The molecule has 0 spiro atoms. The molecule has 0 aliphatic carbocycles. The second-order valence-electron chi connectivity index (χ2n) is 8.45. The van der Waals surface area contributed by atoms with Gasteiger partial charge in [0.15, 0.2) is 0 Å². The molecule has 3 aromatic rings. The van der Waals surface area contributed by atoms with E-state index in [2.05, 4.69) is 15.8 Å². The van der Waals surface area contributed by atoms with Gasteiger partial charge in [-0.1, -0.05) is 62.4 Å². The van der Waals surface area contributed by atoms with Crippen LogP contribution in [0.4, 0.5) is 0 Å². The Kier molecular flexibility index (Phi) is 8.21. The summed E-state index contributed by atoms with van der Waals surface area (Å²) in [6.07, 6.45) is 2.30. The predicted molar refractivity (Wildman–Crippen MR) is 125 cm³/mol. The third-order valence-corrected chi connectivity index (χ3v) is 5.35. The molecule has 174 valence electrons. The van der Waals surface area contributed by atoms with Gasteiger partial charge < -0.3 is 16.0 Å². The van der Waals surface area contributed by atoms with Gasteiger partial charge in [-0.15, -0.1) is 0 Å². The minimum absolute atomic E-state index is 0.0706. The number of primary amides is 1. The number of aromatic amines is 1. The van der Waals surface area contributed by atoms with Gasteiger partial charge in [0, 0.05) is 23.5 Å². The van der Waals surface area contributed by atoms with Crippen molar-refractivity contribution in [2.24, 2.45) is 17.6 Å². The van der Waals surface area contributed by atoms with Gasteiger partial charge in [0.1, 0.15) is 12.0 Å². The number of hydrogen-bond donors (Lipinski definition) is 4. The number of rotatable bonds is 11. The molecular weight excluding hydrogens is 420 g/mol. The minimum atomic E-state index is -1.02. The zero-order valence-electron chi connectivity index (χ0n) is 18.8. The zero-order valence-corrected chi connectivity index (χ0v) is 18.8. The van der Waals surface area contributed by atoms with E-state index in [9.17, 15) is 14.4 Å². The molecule has 0 aliphatic rings. The van der Waals surface area contributed by atoms with Crippen molar-refractivity contribution < 1.29 is 19.2 Å². The zero-order chi connectivity index (χ0) is 23.8. The van der Waals surface area contributed by atoms with Gasteiger partial charge in [0.05, 0.1) is 6.61 Å². The molecule has 1 aromatic heterocycles. The molecule has 1 unspecified atom stereocenters. The Hall–Kier alpha value is -3.65. The van der Waals surface area contributed by atoms with Gasteiger partial charge >= 0.3 is 0 Å². The second-order valence-corrected chi connectivity index (χ2v) is 8.45. The van der Waals surface area contributed by atoms with Crippen LogP contribution in [0.15, 0.2) is 60.8 Å². The van der Waals surface area contributed by atoms with Gasteiger partial charge in [-0.3, -0.25) is 19.2 Å². The lowest BCUT2D eigenvalue weighted by Gasteiger charge is -2.21. The molecule has 0 aliphatic heterocycles. The van der Waals surface area contributed by atoms with E-state index in [1.165, 1.54) is 0 Å². The van der Waals surface area contributed by atoms with Gasteiger partial charge in [-0.2, -0.15) is 0 Å². The third kappa shape index (κ3) is 6.66. The van der Waals surface area contributed by atoms with Crippen molar-refractivity contribution >= 4 is 28.6 Å².